The van der Waals surface area contributed by atoms with Gasteiger partial charge in [-0.25, -0.2) is 0 Å². The van der Waals surface area contributed by atoms with Crippen LogP contribution in [0.1, 0.15) is 45.7 Å². The van der Waals surface area contributed by atoms with Gasteiger partial charge >= 0.3 is 0 Å². The first kappa shape index (κ1) is 23.2. The van der Waals surface area contributed by atoms with Crippen LogP contribution in [0.5, 0.6) is 0 Å². The Bertz CT molecular complexity index is 645. The molecule has 152 valence electrons. The second-order valence-corrected chi connectivity index (χ2v) is 8.69. The third-order valence-electron chi connectivity index (χ3n) is 5.09. The van der Waals surface area contributed by atoms with Gasteiger partial charge in [-0.3, -0.25) is 14.5 Å². The first-order valence-electron chi connectivity index (χ1n) is 9.68. The summed E-state index contributed by atoms with van der Waals surface area (Å²) in [5.74, 6) is 0.263. The maximum atomic E-state index is 13.1. The van der Waals surface area contributed by atoms with E-state index in [1.54, 1.807) is 11.9 Å². The fourth-order valence-corrected chi connectivity index (χ4v) is 3.87. The number of nitrogens with zero attached hydrogens (tertiary/aromatic N) is 2. The lowest BCUT2D eigenvalue weighted by Gasteiger charge is -2.33. The molecule has 1 rings (SSSR count). The van der Waals surface area contributed by atoms with Gasteiger partial charge in [0.2, 0.25) is 11.8 Å². The van der Waals surface area contributed by atoms with E-state index in [-0.39, 0.29) is 29.8 Å². The molecule has 0 aliphatic carbocycles. The molecule has 1 aromatic rings. The van der Waals surface area contributed by atoms with E-state index in [4.69, 9.17) is 0 Å². The summed E-state index contributed by atoms with van der Waals surface area (Å²) in [6.07, 6.45) is 0. The van der Waals surface area contributed by atoms with Crippen LogP contribution < -0.4 is 5.32 Å². The van der Waals surface area contributed by atoms with Crippen molar-refractivity contribution in [2.75, 3.05) is 27.7 Å². The lowest BCUT2D eigenvalue weighted by molar-refractivity contribution is -0.136. The first-order valence-corrected chi connectivity index (χ1v) is 9.68. The Hall–Kier alpha value is -1.88. The van der Waals surface area contributed by atoms with Crippen LogP contribution >= 0.6 is 0 Å². The molecule has 2 atom stereocenters. The average Bonchev–Trinajstić information content (AvgIpc) is 2.53. The molecule has 0 bridgehead atoms. The molecular weight excluding hydrogens is 338 g/mol. The molecule has 0 fully saturated rings. The third-order valence-corrected chi connectivity index (χ3v) is 5.09. The van der Waals surface area contributed by atoms with Gasteiger partial charge < -0.3 is 10.2 Å². The predicted octanol–water partition coefficient (Wildman–Crippen LogP) is 2.82. The van der Waals surface area contributed by atoms with Crippen molar-refractivity contribution < 1.29 is 9.59 Å². The van der Waals surface area contributed by atoms with E-state index in [1.165, 1.54) is 0 Å². The van der Waals surface area contributed by atoms with Crippen molar-refractivity contribution in [3.05, 3.63) is 35.4 Å². The van der Waals surface area contributed by atoms with Crippen LogP contribution in [0, 0.1) is 12.8 Å². The molecule has 0 saturated carbocycles. The van der Waals surface area contributed by atoms with E-state index >= 15 is 0 Å². The Morgan fingerprint density at radius 1 is 1.07 bits per heavy atom. The number of benzene rings is 1. The van der Waals surface area contributed by atoms with Crippen molar-refractivity contribution in [3.8, 4) is 0 Å². The van der Waals surface area contributed by atoms with Crippen LogP contribution in [-0.4, -0.2) is 61.4 Å². The molecule has 0 aliphatic heterocycles. The van der Waals surface area contributed by atoms with Crippen molar-refractivity contribution in [2.45, 2.75) is 59.0 Å². The highest BCUT2D eigenvalue weighted by Crippen LogP contribution is 2.28. The van der Waals surface area contributed by atoms with Gasteiger partial charge in [0.15, 0.2) is 0 Å². The van der Waals surface area contributed by atoms with E-state index in [0.717, 1.165) is 11.1 Å². The van der Waals surface area contributed by atoms with E-state index in [1.807, 2.05) is 84.8 Å². The Morgan fingerprint density at radius 2 is 1.63 bits per heavy atom. The molecular formula is C22H37N3O2. The summed E-state index contributed by atoms with van der Waals surface area (Å²) in [7, 11) is 5.63. The molecule has 1 N–H and O–H groups in total. The molecule has 2 amide bonds. The summed E-state index contributed by atoms with van der Waals surface area (Å²) in [5, 5.41) is 3.06. The molecule has 0 radical (unpaired) electrons. The number of rotatable bonds is 8. The summed E-state index contributed by atoms with van der Waals surface area (Å²) in [4.78, 5) is 29.3. The highest BCUT2D eigenvalue weighted by atomic mass is 16.2. The topological polar surface area (TPSA) is 52.7 Å². The Morgan fingerprint density at radius 3 is 2.11 bits per heavy atom. The van der Waals surface area contributed by atoms with Crippen molar-refractivity contribution in [3.63, 3.8) is 0 Å². The second kappa shape index (κ2) is 9.36. The van der Waals surface area contributed by atoms with Crippen LogP contribution in [0.4, 0.5) is 0 Å². The number of hydrogen-bond acceptors (Lipinski definition) is 3. The standard InChI is InChI=1S/C22H37N3O2/c1-15(2)19(24(7)8)20(26)23-17(4)14-25(9)21(27)22(5,6)18-13-11-10-12-16(18)3/h10-13,15,17,19H,14H2,1-9H3,(H,23,26)/t17?,19-/m0/s1. The van der Waals surface area contributed by atoms with Crippen molar-refractivity contribution in [1.82, 2.24) is 15.1 Å². The van der Waals surface area contributed by atoms with Gasteiger partial charge in [-0.05, 0) is 58.8 Å². The van der Waals surface area contributed by atoms with E-state index < -0.39 is 5.41 Å². The summed E-state index contributed by atoms with van der Waals surface area (Å²) in [6.45, 7) is 12.4. The van der Waals surface area contributed by atoms with Gasteiger partial charge in [0.1, 0.15) is 0 Å². The smallest absolute Gasteiger partial charge is 0.237 e. The minimum Gasteiger partial charge on any atom is -0.350 e. The molecule has 0 heterocycles. The minimum atomic E-state index is -0.617. The van der Waals surface area contributed by atoms with Crippen LogP contribution in [0.3, 0.4) is 0 Å². The molecule has 0 spiro atoms. The minimum absolute atomic E-state index is 0.00140. The van der Waals surface area contributed by atoms with Gasteiger partial charge in [-0.1, -0.05) is 38.1 Å². The Labute approximate surface area is 165 Å². The normalized spacial score (nSPS) is 14.2. The van der Waals surface area contributed by atoms with Crippen LogP contribution in [0.2, 0.25) is 0 Å². The van der Waals surface area contributed by atoms with E-state index in [9.17, 15) is 9.59 Å². The second-order valence-electron chi connectivity index (χ2n) is 8.69. The van der Waals surface area contributed by atoms with Gasteiger partial charge in [-0.15, -0.1) is 0 Å². The number of hydrogen-bond donors (Lipinski definition) is 1. The maximum absolute atomic E-state index is 13.1. The third kappa shape index (κ3) is 5.80. The molecule has 0 aliphatic rings. The largest absolute Gasteiger partial charge is 0.350 e. The summed E-state index contributed by atoms with van der Waals surface area (Å²) >= 11 is 0. The monoisotopic (exact) mass is 375 g/mol. The molecule has 1 aromatic carbocycles. The van der Waals surface area contributed by atoms with E-state index in [2.05, 4.69) is 5.32 Å². The molecule has 1 unspecified atom stereocenters. The number of aryl methyl sites for hydroxylation is 1. The zero-order chi connectivity index (χ0) is 20.9. The Balaban J connectivity index is 2.80. The summed E-state index contributed by atoms with van der Waals surface area (Å²) < 4.78 is 0. The number of carbonyl (C=O) groups is 2. The maximum Gasteiger partial charge on any atom is 0.237 e. The molecule has 0 aromatic heterocycles. The first-order chi connectivity index (χ1) is 12.4. The van der Waals surface area contributed by atoms with E-state index in [0.29, 0.717) is 6.54 Å². The number of amides is 2. The molecule has 27 heavy (non-hydrogen) atoms. The lowest BCUT2D eigenvalue weighted by atomic mass is 9.81. The van der Waals surface area contributed by atoms with Crippen LogP contribution in [-0.2, 0) is 15.0 Å². The molecule has 5 heteroatoms. The van der Waals surface area contributed by atoms with Crippen molar-refractivity contribution in [1.29, 1.82) is 0 Å². The zero-order valence-electron chi connectivity index (χ0n) is 18.5. The molecule has 0 saturated heterocycles. The van der Waals surface area contributed by atoms with Crippen molar-refractivity contribution in [2.24, 2.45) is 5.92 Å². The van der Waals surface area contributed by atoms with Gasteiger partial charge in [0.25, 0.3) is 0 Å². The highest BCUT2D eigenvalue weighted by Gasteiger charge is 2.34. The van der Waals surface area contributed by atoms with Crippen LogP contribution in [0.25, 0.3) is 0 Å². The quantitative estimate of drug-likeness (QED) is 0.760. The lowest BCUT2D eigenvalue weighted by Crippen LogP contribution is -2.52. The highest BCUT2D eigenvalue weighted by molar-refractivity contribution is 5.88. The SMILES string of the molecule is Cc1ccccc1C(C)(C)C(=O)N(C)CC(C)NC(=O)[C@H](C(C)C)N(C)C. The van der Waals surface area contributed by atoms with Crippen LogP contribution in [0.15, 0.2) is 24.3 Å². The number of nitrogens with one attached hydrogen (secondary N) is 1. The fourth-order valence-electron chi connectivity index (χ4n) is 3.87. The van der Waals surface area contributed by atoms with Gasteiger partial charge in [-0.2, -0.15) is 0 Å². The zero-order valence-corrected chi connectivity index (χ0v) is 18.5. The Kier molecular flexibility index (Phi) is 8.03. The summed E-state index contributed by atoms with van der Waals surface area (Å²) in [5.41, 5.74) is 1.52. The molecule has 5 nitrogen and oxygen atoms in total. The van der Waals surface area contributed by atoms with Gasteiger partial charge in [0, 0.05) is 19.6 Å². The average molecular weight is 376 g/mol. The fraction of sp³-hybridized carbons (Fsp3) is 0.636. The predicted molar refractivity (Wildman–Crippen MR) is 112 cm³/mol. The van der Waals surface area contributed by atoms with Crippen molar-refractivity contribution >= 4 is 11.8 Å². The number of carbonyl (C=O) groups excluding carboxylic acids is 2. The number of likely N-dealkylation sites (N-methyl/N-ethyl adjacent to an activating group) is 2. The summed E-state index contributed by atoms with van der Waals surface area (Å²) in [6, 6.07) is 7.68. The van der Waals surface area contributed by atoms with Gasteiger partial charge in [0.05, 0.1) is 11.5 Å².